The Bertz CT molecular complexity index is 838. The summed E-state index contributed by atoms with van der Waals surface area (Å²) in [5.41, 5.74) is 0.884. The zero-order valence-electron chi connectivity index (χ0n) is 13.1. The van der Waals surface area contributed by atoms with Crippen molar-refractivity contribution in [3.8, 4) is 11.5 Å². The minimum Gasteiger partial charge on any atom is -0.450 e. The highest BCUT2D eigenvalue weighted by molar-refractivity contribution is 5.81. The fraction of sp³-hybridized carbons (Fsp3) is 0.353. The summed E-state index contributed by atoms with van der Waals surface area (Å²) in [5.74, 6) is 1.53. The summed E-state index contributed by atoms with van der Waals surface area (Å²) in [6.07, 6.45) is 5.38. The first kappa shape index (κ1) is 14.9. The second-order valence-electron chi connectivity index (χ2n) is 6.08. The molecule has 2 aromatic rings. The summed E-state index contributed by atoms with van der Waals surface area (Å²) >= 11 is 0. The predicted molar refractivity (Wildman–Crippen MR) is 89.4 cm³/mol. The number of carbonyl (C=O) groups excluding carboxylic acids is 1. The minimum atomic E-state index is -0.285. The van der Waals surface area contributed by atoms with Crippen molar-refractivity contribution in [3.05, 3.63) is 40.4 Å². The summed E-state index contributed by atoms with van der Waals surface area (Å²) in [5, 5.41) is 6.42. The molecule has 2 aliphatic rings. The molecule has 124 valence electrons. The summed E-state index contributed by atoms with van der Waals surface area (Å²) in [4.78, 5) is 27.5. The van der Waals surface area contributed by atoms with Crippen molar-refractivity contribution in [1.29, 1.82) is 0 Å². The third kappa shape index (κ3) is 2.67. The van der Waals surface area contributed by atoms with Gasteiger partial charge in [0.2, 0.25) is 0 Å². The molecule has 0 bridgehead atoms. The standard InChI is InChI=1S/C17H18N4O3/c22-10-11-3-4-14-13(8-11)19-16-15(24-14)9-21(17(23)20-16)12-2-1-6-18-7-5-12/h3-4,8-10,12,18H,1-2,5-7H2,(H,19,20,23). The highest BCUT2D eigenvalue weighted by atomic mass is 16.5. The number of aldehydes is 1. The van der Waals surface area contributed by atoms with Gasteiger partial charge in [0.1, 0.15) is 6.29 Å². The number of aromatic nitrogens is 2. The van der Waals surface area contributed by atoms with Gasteiger partial charge in [0.05, 0.1) is 11.9 Å². The lowest BCUT2D eigenvalue weighted by molar-refractivity contribution is 0.112. The Morgan fingerprint density at radius 1 is 1.25 bits per heavy atom. The number of hydrogen-bond acceptors (Lipinski definition) is 6. The molecule has 0 radical (unpaired) electrons. The Hall–Kier alpha value is -2.67. The maximum Gasteiger partial charge on any atom is 0.350 e. The van der Waals surface area contributed by atoms with E-state index >= 15 is 0 Å². The van der Waals surface area contributed by atoms with E-state index < -0.39 is 0 Å². The van der Waals surface area contributed by atoms with Crippen molar-refractivity contribution in [2.45, 2.75) is 25.3 Å². The van der Waals surface area contributed by atoms with Crippen LogP contribution in [0, 0.1) is 0 Å². The lowest BCUT2D eigenvalue weighted by Crippen LogP contribution is -2.28. The van der Waals surface area contributed by atoms with Crippen LogP contribution in [0.3, 0.4) is 0 Å². The SMILES string of the molecule is O=Cc1ccc2c(c1)Nc1nc(=O)n(C3CCCNCC3)cc1O2. The molecule has 0 amide bonds. The van der Waals surface area contributed by atoms with Crippen molar-refractivity contribution < 1.29 is 9.53 Å². The number of anilines is 2. The third-order valence-electron chi connectivity index (χ3n) is 4.47. The van der Waals surface area contributed by atoms with Crippen LogP contribution >= 0.6 is 0 Å². The van der Waals surface area contributed by atoms with Crippen LogP contribution in [0.2, 0.25) is 0 Å². The zero-order chi connectivity index (χ0) is 16.5. The minimum absolute atomic E-state index is 0.132. The molecule has 1 unspecified atom stereocenters. The molecule has 1 fully saturated rings. The molecule has 4 rings (SSSR count). The van der Waals surface area contributed by atoms with Crippen molar-refractivity contribution in [2.75, 3.05) is 18.4 Å². The van der Waals surface area contributed by atoms with E-state index in [4.69, 9.17) is 4.74 Å². The number of nitrogens with zero attached hydrogens (tertiary/aromatic N) is 2. The van der Waals surface area contributed by atoms with Crippen LogP contribution in [-0.4, -0.2) is 28.9 Å². The molecule has 2 aliphatic heterocycles. The normalized spacial score (nSPS) is 19.2. The van der Waals surface area contributed by atoms with Gasteiger partial charge in [-0.1, -0.05) is 0 Å². The average Bonchev–Trinajstić information content (AvgIpc) is 2.88. The Labute approximate surface area is 138 Å². The molecule has 0 spiro atoms. The van der Waals surface area contributed by atoms with Gasteiger partial charge in [-0.15, -0.1) is 0 Å². The highest BCUT2D eigenvalue weighted by Crippen LogP contribution is 2.40. The smallest absolute Gasteiger partial charge is 0.350 e. The Balaban J connectivity index is 1.69. The molecule has 2 N–H and O–H groups in total. The molecule has 7 heteroatoms. The van der Waals surface area contributed by atoms with Crippen LogP contribution in [0.5, 0.6) is 11.5 Å². The third-order valence-corrected chi connectivity index (χ3v) is 4.47. The van der Waals surface area contributed by atoms with E-state index in [-0.39, 0.29) is 11.7 Å². The van der Waals surface area contributed by atoms with E-state index in [1.807, 2.05) is 0 Å². The number of rotatable bonds is 2. The van der Waals surface area contributed by atoms with E-state index in [1.54, 1.807) is 29.0 Å². The zero-order valence-corrected chi connectivity index (χ0v) is 13.1. The van der Waals surface area contributed by atoms with Crippen molar-refractivity contribution in [1.82, 2.24) is 14.9 Å². The molecule has 0 aliphatic carbocycles. The first-order chi connectivity index (χ1) is 11.7. The van der Waals surface area contributed by atoms with Gasteiger partial charge in [-0.25, -0.2) is 4.79 Å². The van der Waals surface area contributed by atoms with Gasteiger partial charge in [-0.3, -0.25) is 9.36 Å². The van der Waals surface area contributed by atoms with E-state index in [9.17, 15) is 9.59 Å². The number of benzene rings is 1. The van der Waals surface area contributed by atoms with Gasteiger partial charge in [0.15, 0.2) is 17.3 Å². The fourth-order valence-electron chi connectivity index (χ4n) is 3.21. The van der Waals surface area contributed by atoms with Crippen LogP contribution in [0.1, 0.15) is 35.7 Å². The van der Waals surface area contributed by atoms with Gasteiger partial charge >= 0.3 is 5.69 Å². The van der Waals surface area contributed by atoms with E-state index in [0.29, 0.717) is 28.6 Å². The van der Waals surface area contributed by atoms with Gasteiger partial charge in [0, 0.05) is 11.6 Å². The molecule has 24 heavy (non-hydrogen) atoms. The van der Waals surface area contributed by atoms with E-state index in [0.717, 1.165) is 38.6 Å². The van der Waals surface area contributed by atoms with E-state index in [2.05, 4.69) is 15.6 Å². The summed E-state index contributed by atoms with van der Waals surface area (Å²) in [7, 11) is 0. The number of ether oxygens (including phenoxy) is 1. The first-order valence-corrected chi connectivity index (χ1v) is 8.12. The van der Waals surface area contributed by atoms with Crippen molar-refractivity contribution in [3.63, 3.8) is 0 Å². The first-order valence-electron chi connectivity index (χ1n) is 8.12. The Morgan fingerprint density at radius 3 is 3.04 bits per heavy atom. The van der Waals surface area contributed by atoms with Gasteiger partial charge < -0.3 is 15.4 Å². The van der Waals surface area contributed by atoms with Crippen LogP contribution in [0.4, 0.5) is 11.5 Å². The highest BCUT2D eigenvalue weighted by Gasteiger charge is 2.23. The van der Waals surface area contributed by atoms with Crippen molar-refractivity contribution >= 4 is 17.8 Å². The molecule has 0 saturated carbocycles. The molecule has 1 saturated heterocycles. The maximum absolute atomic E-state index is 12.4. The lowest BCUT2D eigenvalue weighted by atomic mass is 10.1. The molecular formula is C17H18N4O3. The largest absolute Gasteiger partial charge is 0.450 e. The maximum atomic E-state index is 12.4. The van der Waals surface area contributed by atoms with E-state index in [1.165, 1.54) is 0 Å². The van der Waals surface area contributed by atoms with Crippen LogP contribution in [0.25, 0.3) is 0 Å². The topological polar surface area (TPSA) is 85.2 Å². The number of hydrogen-bond donors (Lipinski definition) is 2. The fourth-order valence-corrected chi connectivity index (χ4v) is 3.21. The Kier molecular flexibility index (Phi) is 3.78. The average molecular weight is 326 g/mol. The van der Waals surface area contributed by atoms with Crippen molar-refractivity contribution in [2.24, 2.45) is 0 Å². The Morgan fingerprint density at radius 2 is 2.17 bits per heavy atom. The summed E-state index contributed by atoms with van der Waals surface area (Å²) in [6, 6.07) is 5.24. The molecule has 7 nitrogen and oxygen atoms in total. The molecule has 1 aromatic heterocycles. The number of carbonyl (C=O) groups is 1. The van der Waals surface area contributed by atoms with Gasteiger partial charge in [-0.2, -0.15) is 4.98 Å². The van der Waals surface area contributed by atoms with Gasteiger partial charge in [0.25, 0.3) is 0 Å². The van der Waals surface area contributed by atoms with Crippen LogP contribution < -0.4 is 21.1 Å². The molecule has 1 atom stereocenters. The monoisotopic (exact) mass is 326 g/mol. The quantitative estimate of drug-likeness (QED) is 0.702. The van der Waals surface area contributed by atoms with Crippen LogP contribution in [0.15, 0.2) is 29.2 Å². The second kappa shape index (κ2) is 6.09. The summed E-state index contributed by atoms with van der Waals surface area (Å²) < 4.78 is 7.56. The number of nitrogens with one attached hydrogen (secondary N) is 2. The summed E-state index contributed by atoms with van der Waals surface area (Å²) in [6.45, 7) is 1.87. The van der Waals surface area contributed by atoms with Gasteiger partial charge in [-0.05, 0) is 50.6 Å². The van der Waals surface area contributed by atoms with Crippen LogP contribution in [-0.2, 0) is 0 Å². The lowest BCUT2D eigenvalue weighted by Gasteiger charge is -2.23. The predicted octanol–water partition coefficient (Wildman–Crippen LogP) is 2.22. The molecule has 1 aromatic carbocycles. The number of fused-ring (bicyclic) bond motifs is 2. The second-order valence-corrected chi connectivity index (χ2v) is 6.08. The molecular weight excluding hydrogens is 308 g/mol. The molecule has 3 heterocycles.